The zero-order chi connectivity index (χ0) is 16.4. The minimum Gasteiger partial charge on any atom is -0.480 e. The Balaban J connectivity index is 3.14. The molecule has 0 spiro atoms. The van der Waals surface area contributed by atoms with E-state index in [0.717, 1.165) is 0 Å². The zero-order valence-electron chi connectivity index (χ0n) is 13.0. The summed E-state index contributed by atoms with van der Waals surface area (Å²) in [5.41, 5.74) is -0.593. The van der Waals surface area contributed by atoms with Gasteiger partial charge in [0, 0.05) is 16.7 Å². The van der Waals surface area contributed by atoms with Gasteiger partial charge in [0.25, 0.3) is 5.91 Å². The first kappa shape index (κ1) is 17.4. The minimum absolute atomic E-state index is 0.209. The van der Waals surface area contributed by atoms with Gasteiger partial charge in [-0.1, -0.05) is 39.3 Å². The van der Waals surface area contributed by atoms with E-state index >= 15 is 0 Å². The summed E-state index contributed by atoms with van der Waals surface area (Å²) in [4.78, 5) is 27.8. The SMILES string of the molecule is CCC(C)(NC(=O)c1cc(Cl)nc(C(C)(C)C)c1)C(=O)O. The normalized spacial score (nSPS) is 14.4. The van der Waals surface area contributed by atoms with Crippen molar-refractivity contribution in [2.45, 2.75) is 52.0 Å². The minimum atomic E-state index is -1.31. The number of nitrogens with one attached hydrogen (secondary N) is 1. The van der Waals surface area contributed by atoms with Crippen molar-refractivity contribution in [3.05, 3.63) is 28.5 Å². The summed E-state index contributed by atoms with van der Waals surface area (Å²) >= 11 is 5.96. The number of aromatic nitrogens is 1. The number of amides is 1. The molecule has 6 heteroatoms. The van der Waals surface area contributed by atoms with Crippen molar-refractivity contribution >= 4 is 23.5 Å². The number of rotatable bonds is 4. The van der Waals surface area contributed by atoms with Gasteiger partial charge in [-0.3, -0.25) is 4.79 Å². The van der Waals surface area contributed by atoms with Crippen LogP contribution in [0.25, 0.3) is 0 Å². The van der Waals surface area contributed by atoms with Gasteiger partial charge in [0.15, 0.2) is 0 Å². The Morgan fingerprint density at radius 3 is 2.29 bits per heavy atom. The van der Waals surface area contributed by atoms with Crippen LogP contribution in [0.2, 0.25) is 5.15 Å². The number of carbonyl (C=O) groups is 2. The van der Waals surface area contributed by atoms with E-state index in [0.29, 0.717) is 11.3 Å². The van der Waals surface area contributed by atoms with Crippen LogP contribution in [0, 0.1) is 0 Å². The first-order valence-electron chi connectivity index (χ1n) is 6.73. The molecule has 0 fully saturated rings. The van der Waals surface area contributed by atoms with Crippen molar-refractivity contribution in [2.75, 3.05) is 0 Å². The largest absolute Gasteiger partial charge is 0.480 e. The zero-order valence-corrected chi connectivity index (χ0v) is 13.7. The molecule has 1 amide bonds. The highest BCUT2D eigenvalue weighted by atomic mass is 35.5. The molecule has 1 heterocycles. The molecule has 1 rings (SSSR count). The number of carboxylic acids is 1. The third-order valence-electron chi connectivity index (χ3n) is 3.39. The predicted molar refractivity (Wildman–Crippen MR) is 81.7 cm³/mol. The monoisotopic (exact) mass is 312 g/mol. The predicted octanol–water partition coefficient (Wildman–Crippen LogP) is 3.02. The maximum Gasteiger partial charge on any atom is 0.329 e. The van der Waals surface area contributed by atoms with E-state index in [4.69, 9.17) is 11.6 Å². The lowest BCUT2D eigenvalue weighted by atomic mass is 9.90. The number of hydrogen-bond donors (Lipinski definition) is 2. The molecular weight excluding hydrogens is 292 g/mol. The highest BCUT2D eigenvalue weighted by Crippen LogP contribution is 2.23. The molecule has 0 aliphatic carbocycles. The Bertz CT molecular complexity index is 567. The van der Waals surface area contributed by atoms with Gasteiger partial charge in [-0.25, -0.2) is 9.78 Å². The Hall–Kier alpha value is -1.62. The Labute approximate surface area is 129 Å². The summed E-state index contributed by atoms with van der Waals surface area (Å²) < 4.78 is 0. The molecule has 1 aromatic rings. The molecule has 1 unspecified atom stereocenters. The number of hydrogen-bond acceptors (Lipinski definition) is 3. The van der Waals surface area contributed by atoms with Crippen LogP contribution in [0.15, 0.2) is 12.1 Å². The summed E-state index contributed by atoms with van der Waals surface area (Å²) in [6, 6.07) is 3.07. The van der Waals surface area contributed by atoms with E-state index in [2.05, 4.69) is 10.3 Å². The highest BCUT2D eigenvalue weighted by molar-refractivity contribution is 6.29. The van der Waals surface area contributed by atoms with Crippen LogP contribution in [-0.4, -0.2) is 27.5 Å². The molecule has 0 aliphatic heterocycles. The van der Waals surface area contributed by atoms with Crippen molar-refractivity contribution in [3.8, 4) is 0 Å². The first-order chi connectivity index (χ1) is 9.49. The standard InChI is InChI=1S/C15H21ClN2O3/c1-6-15(5,13(20)21)18-12(19)9-7-10(14(2,3)4)17-11(16)8-9/h7-8H,6H2,1-5H3,(H,18,19)(H,20,21). The van der Waals surface area contributed by atoms with E-state index in [1.807, 2.05) is 20.8 Å². The molecule has 1 atom stereocenters. The van der Waals surface area contributed by atoms with Crippen molar-refractivity contribution in [2.24, 2.45) is 0 Å². The fraction of sp³-hybridized carbons (Fsp3) is 0.533. The smallest absolute Gasteiger partial charge is 0.329 e. The van der Waals surface area contributed by atoms with Crippen molar-refractivity contribution < 1.29 is 14.7 Å². The molecule has 5 nitrogen and oxygen atoms in total. The van der Waals surface area contributed by atoms with Gasteiger partial charge in [-0.15, -0.1) is 0 Å². The molecule has 0 aromatic carbocycles. The molecule has 0 aliphatic rings. The second-order valence-corrected chi connectivity index (χ2v) is 6.65. The Morgan fingerprint density at radius 2 is 1.86 bits per heavy atom. The van der Waals surface area contributed by atoms with Gasteiger partial charge in [-0.2, -0.15) is 0 Å². The van der Waals surface area contributed by atoms with Gasteiger partial charge in [0.05, 0.1) is 0 Å². The number of halogens is 1. The first-order valence-corrected chi connectivity index (χ1v) is 7.11. The van der Waals surface area contributed by atoms with Crippen molar-refractivity contribution in [1.82, 2.24) is 10.3 Å². The summed E-state index contributed by atoms with van der Waals surface area (Å²) in [6.45, 7) is 9.05. The van der Waals surface area contributed by atoms with E-state index in [1.165, 1.54) is 13.0 Å². The van der Waals surface area contributed by atoms with Crippen molar-refractivity contribution in [1.29, 1.82) is 0 Å². The molecule has 0 saturated heterocycles. The van der Waals surface area contributed by atoms with Crippen LogP contribution in [0.4, 0.5) is 0 Å². The molecule has 21 heavy (non-hydrogen) atoms. The van der Waals surface area contributed by atoms with Gasteiger partial charge in [0.2, 0.25) is 0 Å². The fourth-order valence-corrected chi connectivity index (χ4v) is 1.84. The topological polar surface area (TPSA) is 79.3 Å². The molecule has 0 radical (unpaired) electrons. The van der Waals surface area contributed by atoms with Gasteiger partial charge >= 0.3 is 5.97 Å². The van der Waals surface area contributed by atoms with E-state index in [-0.39, 0.29) is 17.0 Å². The van der Waals surface area contributed by atoms with Crippen LogP contribution in [0.1, 0.15) is 57.1 Å². The number of aliphatic carboxylic acids is 1. The quantitative estimate of drug-likeness (QED) is 0.838. The van der Waals surface area contributed by atoms with Gasteiger partial charge in [-0.05, 0) is 25.5 Å². The van der Waals surface area contributed by atoms with Crippen LogP contribution in [-0.2, 0) is 10.2 Å². The third kappa shape index (κ3) is 4.17. The van der Waals surface area contributed by atoms with Crippen LogP contribution in [0.5, 0.6) is 0 Å². The highest BCUT2D eigenvalue weighted by Gasteiger charge is 2.33. The number of nitrogens with zero attached hydrogens (tertiary/aromatic N) is 1. The van der Waals surface area contributed by atoms with E-state index in [1.54, 1.807) is 13.0 Å². The maximum absolute atomic E-state index is 12.3. The molecule has 1 aromatic heterocycles. The third-order valence-corrected chi connectivity index (χ3v) is 3.59. The number of pyridine rings is 1. The molecule has 0 saturated carbocycles. The molecule has 2 N–H and O–H groups in total. The second kappa shape index (κ2) is 6.02. The fourth-order valence-electron chi connectivity index (χ4n) is 1.63. The average molecular weight is 313 g/mol. The molecule has 116 valence electrons. The summed E-state index contributed by atoms with van der Waals surface area (Å²) in [5, 5.41) is 12.0. The lowest BCUT2D eigenvalue weighted by molar-refractivity contribution is -0.143. The van der Waals surface area contributed by atoms with Gasteiger partial charge in [0.1, 0.15) is 10.7 Å². The Morgan fingerprint density at radius 1 is 1.29 bits per heavy atom. The number of carboxylic acid groups (broad SMARTS) is 1. The van der Waals surface area contributed by atoms with E-state index in [9.17, 15) is 14.7 Å². The van der Waals surface area contributed by atoms with Crippen molar-refractivity contribution in [3.63, 3.8) is 0 Å². The number of carbonyl (C=O) groups excluding carboxylic acids is 1. The Kier molecular flexibility index (Phi) is 4.99. The van der Waals surface area contributed by atoms with Gasteiger partial charge < -0.3 is 10.4 Å². The lowest BCUT2D eigenvalue weighted by Crippen LogP contribution is -2.51. The van der Waals surface area contributed by atoms with E-state index < -0.39 is 17.4 Å². The lowest BCUT2D eigenvalue weighted by Gasteiger charge is -2.25. The average Bonchev–Trinajstić information content (AvgIpc) is 2.36. The maximum atomic E-state index is 12.3. The summed E-state index contributed by atoms with van der Waals surface area (Å²) in [6.07, 6.45) is 0.277. The van der Waals surface area contributed by atoms with Crippen LogP contribution < -0.4 is 5.32 Å². The van der Waals surface area contributed by atoms with Crippen LogP contribution in [0.3, 0.4) is 0 Å². The summed E-state index contributed by atoms with van der Waals surface area (Å²) in [7, 11) is 0. The van der Waals surface area contributed by atoms with Crippen LogP contribution >= 0.6 is 11.6 Å². The molecule has 0 bridgehead atoms. The molecular formula is C15H21ClN2O3. The second-order valence-electron chi connectivity index (χ2n) is 6.26. The summed E-state index contributed by atoms with van der Waals surface area (Å²) in [5.74, 6) is -1.55.